The van der Waals surface area contributed by atoms with Gasteiger partial charge in [-0.1, -0.05) is 0 Å². The van der Waals surface area contributed by atoms with E-state index in [9.17, 15) is 0 Å². The van der Waals surface area contributed by atoms with Crippen molar-refractivity contribution in [2.45, 2.75) is 19.6 Å². The fraction of sp³-hybridized carbons (Fsp3) is 0.222. The molecule has 1 heterocycles. The molecular formula is C18H18N2OS4. The summed E-state index contributed by atoms with van der Waals surface area (Å²) in [5.74, 6) is 1.11. The van der Waals surface area contributed by atoms with Gasteiger partial charge in [0.2, 0.25) is 11.8 Å². The summed E-state index contributed by atoms with van der Waals surface area (Å²) in [5.41, 5.74) is 1.90. The number of hydrogen-bond donors (Lipinski definition) is 0. The first-order valence-electron chi connectivity index (χ1n) is 7.48. The second-order valence-corrected chi connectivity index (χ2v) is 8.44. The summed E-state index contributed by atoms with van der Waals surface area (Å²) in [6.07, 6.45) is 8.33. The molecule has 0 radical (unpaired) electrons. The zero-order valence-corrected chi connectivity index (χ0v) is 17.7. The molecule has 1 aromatic heterocycles. The number of thioether (sulfide) groups is 4. The molecular weight excluding hydrogens is 388 g/mol. The van der Waals surface area contributed by atoms with Gasteiger partial charge in [-0.05, 0) is 61.4 Å². The van der Waals surface area contributed by atoms with Gasteiger partial charge in [-0.2, -0.15) is 0 Å². The van der Waals surface area contributed by atoms with Crippen molar-refractivity contribution in [1.82, 2.24) is 10.2 Å². The average Bonchev–Trinajstić information content (AvgIpc) is 3.17. The van der Waals surface area contributed by atoms with Gasteiger partial charge < -0.3 is 4.42 Å². The fourth-order valence-electron chi connectivity index (χ4n) is 2.40. The van der Waals surface area contributed by atoms with Crippen LogP contribution in [0.15, 0.2) is 60.4 Å². The van der Waals surface area contributed by atoms with E-state index in [2.05, 4.69) is 59.5 Å². The lowest BCUT2D eigenvalue weighted by Gasteiger charge is -2.06. The lowest BCUT2D eigenvalue weighted by atomic mass is 10.2. The molecule has 3 rings (SSSR count). The van der Waals surface area contributed by atoms with E-state index in [0.717, 1.165) is 11.1 Å². The van der Waals surface area contributed by atoms with Crippen LogP contribution in [0.5, 0.6) is 0 Å². The minimum absolute atomic E-state index is 0.553. The average molecular weight is 407 g/mol. The van der Waals surface area contributed by atoms with E-state index in [4.69, 9.17) is 4.42 Å². The fourth-order valence-corrected chi connectivity index (χ4v) is 5.35. The number of rotatable bonds is 6. The van der Waals surface area contributed by atoms with Crippen LogP contribution in [-0.2, 0) is 0 Å². The number of aromatic nitrogens is 2. The summed E-state index contributed by atoms with van der Waals surface area (Å²) in [7, 11) is 0. The first-order valence-corrected chi connectivity index (χ1v) is 12.4. The molecule has 130 valence electrons. The zero-order chi connectivity index (χ0) is 17.8. The topological polar surface area (TPSA) is 38.9 Å². The lowest BCUT2D eigenvalue weighted by Crippen LogP contribution is -1.82. The Hall–Kier alpha value is -1.02. The first-order chi connectivity index (χ1) is 12.2. The third kappa shape index (κ3) is 4.05. The van der Waals surface area contributed by atoms with Crippen molar-refractivity contribution in [3.05, 3.63) is 36.4 Å². The molecule has 2 aromatic carbocycles. The molecule has 0 amide bonds. The molecule has 7 heteroatoms. The smallest absolute Gasteiger partial charge is 0.248 e. The van der Waals surface area contributed by atoms with Crippen LogP contribution in [0, 0.1) is 0 Å². The van der Waals surface area contributed by atoms with Crippen molar-refractivity contribution in [2.75, 3.05) is 25.0 Å². The monoisotopic (exact) mass is 406 g/mol. The van der Waals surface area contributed by atoms with Gasteiger partial charge in [-0.25, -0.2) is 0 Å². The van der Waals surface area contributed by atoms with Gasteiger partial charge in [-0.3, -0.25) is 0 Å². The van der Waals surface area contributed by atoms with Crippen molar-refractivity contribution in [2.24, 2.45) is 0 Å². The Morgan fingerprint density at radius 2 is 1.00 bits per heavy atom. The van der Waals surface area contributed by atoms with Crippen molar-refractivity contribution < 1.29 is 4.42 Å². The molecule has 0 atom stereocenters. The van der Waals surface area contributed by atoms with E-state index in [1.54, 1.807) is 47.0 Å². The highest BCUT2D eigenvalue weighted by Gasteiger charge is 2.13. The van der Waals surface area contributed by atoms with E-state index in [1.807, 2.05) is 12.1 Å². The maximum Gasteiger partial charge on any atom is 0.248 e. The molecule has 0 saturated heterocycles. The summed E-state index contributed by atoms with van der Waals surface area (Å²) < 4.78 is 5.95. The Kier molecular flexibility index (Phi) is 6.44. The zero-order valence-electron chi connectivity index (χ0n) is 14.4. The van der Waals surface area contributed by atoms with Crippen LogP contribution in [0.25, 0.3) is 22.9 Å². The minimum Gasteiger partial charge on any atom is -0.416 e. The van der Waals surface area contributed by atoms with Crippen LogP contribution in [0.4, 0.5) is 0 Å². The maximum absolute atomic E-state index is 5.95. The van der Waals surface area contributed by atoms with Gasteiger partial charge in [0.25, 0.3) is 0 Å². The first kappa shape index (κ1) is 18.8. The normalized spacial score (nSPS) is 11.0. The van der Waals surface area contributed by atoms with Crippen molar-refractivity contribution in [1.29, 1.82) is 0 Å². The lowest BCUT2D eigenvalue weighted by molar-refractivity contribution is 0.584. The summed E-state index contributed by atoms with van der Waals surface area (Å²) in [5, 5.41) is 8.49. The quantitative estimate of drug-likeness (QED) is 0.445. The molecule has 0 fully saturated rings. The second-order valence-electron chi connectivity index (χ2n) is 5.05. The van der Waals surface area contributed by atoms with Crippen LogP contribution in [0.2, 0.25) is 0 Å². The predicted molar refractivity (Wildman–Crippen MR) is 112 cm³/mol. The molecule has 0 N–H and O–H groups in total. The van der Waals surface area contributed by atoms with Gasteiger partial charge in [0.05, 0.1) is 0 Å². The van der Waals surface area contributed by atoms with Crippen LogP contribution >= 0.6 is 47.0 Å². The molecule has 3 aromatic rings. The molecule has 0 unspecified atom stereocenters. The molecule has 3 nitrogen and oxygen atoms in total. The second kappa shape index (κ2) is 8.58. The molecule has 25 heavy (non-hydrogen) atoms. The van der Waals surface area contributed by atoms with Gasteiger partial charge in [0, 0.05) is 30.7 Å². The maximum atomic E-state index is 5.95. The highest BCUT2D eigenvalue weighted by Crippen LogP contribution is 2.35. The summed E-state index contributed by atoms with van der Waals surface area (Å²) in [6.45, 7) is 0. The Bertz CT molecular complexity index is 809. The van der Waals surface area contributed by atoms with Gasteiger partial charge in [0.1, 0.15) is 0 Å². The SMILES string of the molecule is CSc1ccc(-c2nnc(-c3ccc(SC)c(SC)c3)o2)cc1SC. The van der Waals surface area contributed by atoms with Crippen LogP contribution in [0.3, 0.4) is 0 Å². The van der Waals surface area contributed by atoms with Gasteiger partial charge in [-0.15, -0.1) is 57.2 Å². The Balaban J connectivity index is 1.95. The Morgan fingerprint density at radius 3 is 1.36 bits per heavy atom. The Labute approximate surface area is 165 Å². The number of nitrogens with zero attached hydrogens (tertiary/aromatic N) is 2. The predicted octanol–water partition coefficient (Wildman–Crippen LogP) is 6.29. The summed E-state index contributed by atoms with van der Waals surface area (Å²) >= 11 is 6.93. The highest BCUT2D eigenvalue weighted by molar-refractivity contribution is 8.02. The van der Waals surface area contributed by atoms with Crippen molar-refractivity contribution in [3.63, 3.8) is 0 Å². The van der Waals surface area contributed by atoms with E-state index in [-0.39, 0.29) is 0 Å². The van der Waals surface area contributed by atoms with Crippen molar-refractivity contribution in [3.8, 4) is 22.9 Å². The van der Waals surface area contributed by atoms with Crippen molar-refractivity contribution >= 4 is 47.0 Å². The molecule has 0 spiro atoms. The van der Waals surface area contributed by atoms with Gasteiger partial charge >= 0.3 is 0 Å². The molecule has 0 saturated carbocycles. The Morgan fingerprint density at radius 1 is 0.600 bits per heavy atom. The molecule has 0 aliphatic rings. The minimum atomic E-state index is 0.553. The van der Waals surface area contributed by atoms with Crippen LogP contribution in [-0.4, -0.2) is 35.2 Å². The van der Waals surface area contributed by atoms with E-state index in [0.29, 0.717) is 11.8 Å². The van der Waals surface area contributed by atoms with E-state index in [1.165, 1.54) is 19.6 Å². The third-order valence-electron chi connectivity index (χ3n) is 3.69. The molecule has 0 bridgehead atoms. The largest absolute Gasteiger partial charge is 0.416 e. The summed E-state index contributed by atoms with van der Waals surface area (Å²) in [4.78, 5) is 4.96. The third-order valence-corrected chi connectivity index (χ3v) is 7.09. The van der Waals surface area contributed by atoms with Crippen LogP contribution < -0.4 is 0 Å². The van der Waals surface area contributed by atoms with Gasteiger partial charge in [0.15, 0.2) is 0 Å². The molecule has 0 aliphatic carbocycles. The molecule has 0 aliphatic heterocycles. The van der Waals surface area contributed by atoms with Crippen LogP contribution in [0.1, 0.15) is 0 Å². The number of hydrogen-bond acceptors (Lipinski definition) is 7. The number of benzene rings is 2. The highest BCUT2D eigenvalue weighted by atomic mass is 32.2. The van der Waals surface area contributed by atoms with E-state index < -0.39 is 0 Å². The summed E-state index contributed by atoms with van der Waals surface area (Å²) in [6, 6.07) is 12.5. The standard InChI is InChI=1S/C18H18N2OS4/c1-22-13-7-5-11(9-15(13)24-3)17-19-20-18(21-17)12-6-8-14(23-2)16(10-12)25-4/h5-10H,1-4H3. The van der Waals surface area contributed by atoms with E-state index >= 15 is 0 Å².